The van der Waals surface area contributed by atoms with Crippen molar-refractivity contribution >= 4 is 11.8 Å². The first kappa shape index (κ1) is 34.4. The van der Waals surface area contributed by atoms with Crippen molar-refractivity contribution in [3.63, 3.8) is 0 Å². The smallest absolute Gasteiger partial charge is 0.237 e. The van der Waals surface area contributed by atoms with Gasteiger partial charge >= 0.3 is 0 Å². The van der Waals surface area contributed by atoms with Crippen molar-refractivity contribution < 1.29 is 28.9 Å². The summed E-state index contributed by atoms with van der Waals surface area (Å²) in [5.74, 6) is 0.274. The van der Waals surface area contributed by atoms with Gasteiger partial charge in [0, 0.05) is 77.2 Å². The van der Waals surface area contributed by atoms with Gasteiger partial charge in [-0.2, -0.15) is 0 Å². The van der Waals surface area contributed by atoms with Crippen molar-refractivity contribution in [3.8, 4) is 0 Å². The number of halogens is 1. The third-order valence-corrected chi connectivity index (χ3v) is 10.3. The predicted molar refractivity (Wildman–Crippen MR) is 162 cm³/mol. The summed E-state index contributed by atoms with van der Waals surface area (Å²) < 4.78 is 21.4. The van der Waals surface area contributed by atoms with Gasteiger partial charge in [-0.15, -0.1) is 0 Å². The van der Waals surface area contributed by atoms with Crippen LogP contribution >= 0.6 is 0 Å². The molecule has 4 fully saturated rings. The van der Waals surface area contributed by atoms with Gasteiger partial charge in [0.05, 0.1) is 37.1 Å². The van der Waals surface area contributed by atoms with Crippen molar-refractivity contribution in [3.05, 3.63) is 0 Å². The highest BCUT2D eigenvalue weighted by molar-refractivity contribution is 5.81. The van der Waals surface area contributed by atoms with E-state index < -0.39 is 18.4 Å². The van der Waals surface area contributed by atoms with Crippen LogP contribution in [0.4, 0.5) is 4.39 Å². The molecule has 0 radical (unpaired) electrons. The lowest BCUT2D eigenvalue weighted by Crippen LogP contribution is -2.62. The Morgan fingerprint density at radius 1 is 1.09 bits per heavy atom. The van der Waals surface area contributed by atoms with Crippen LogP contribution in [0.15, 0.2) is 0 Å². The van der Waals surface area contributed by atoms with Crippen molar-refractivity contribution in [2.75, 3.05) is 59.6 Å². The minimum atomic E-state index is -0.987. The van der Waals surface area contributed by atoms with Crippen LogP contribution in [0.5, 0.6) is 0 Å². The first-order chi connectivity index (χ1) is 20.5. The Morgan fingerprint density at radius 3 is 2.53 bits per heavy atom. The lowest BCUT2D eigenvalue weighted by atomic mass is 9.67. The summed E-state index contributed by atoms with van der Waals surface area (Å²) in [5, 5.41) is 37.1. The molecule has 1 saturated carbocycles. The average molecular weight is 614 g/mol. The van der Waals surface area contributed by atoms with E-state index in [1.165, 1.54) is 0 Å². The second-order valence-corrected chi connectivity index (χ2v) is 13.3. The normalized spacial score (nSPS) is 34.7. The maximum absolute atomic E-state index is 15.4. The number of nitrogens with one attached hydrogen (secondary N) is 5. The third kappa shape index (κ3) is 9.52. The number of alkyl halides is 1. The number of hydrogen-bond donors (Lipinski definition) is 7. The summed E-state index contributed by atoms with van der Waals surface area (Å²) in [7, 11) is 1.79. The van der Waals surface area contributed by atoms with Crippen molar-refractivity contribution in [2.45, 2.75) is 102 Å². The minimum Gasteiger partial charge on any atom is -0.390 e. The Labute approximate surface area is 256 Å². The molecule has 13 heteroatoms. The Balaban J connectivity index is 1.15. The standard InChI is InChI=1S/C30H56FN7O5/c1-18-23-7-8-37(15-24(23)25(31)11-28(18)43-16-27(41)19(2)32-4)14-22(40)13-33-30(42)26-12-29(35-17-34-26)36-21-5-9-38(10-6-21)20(3)39/h18-19,21-29,32,34-36,40-41H,5-17H2,1-4H3,(H,33,42)/t18?,19?,22-,23?,24?,25?,26?,27?,28?,29?/m0/s1. The molecule has 0 aromatic heterocycles. The molecule has 43 heavy (non-hydrogen) atoms. The van der Waals surface area contributed by atoms with Gasteiger partial charge in [-0.1, -0.05) is 6.92 Å². The molecule has 0 aromatic carbocycles. The molecule has 0 spiro atoms. The van der Waals surface area contributed by atoms with Crippen LogP contribution in [0.25, 0.3) is 0 Å². The van der Waals surface area contributed by atoms with Gasteiger partial charge in [-0.3, -0.25) is 25.5 Å². The number of carbonyl (C=O) groups excluding carboxylic acids is 2. The van der Waals surface area contributed by atoms with E-state index in [0.717, 1.165) is 38.9 Å². The number of aliphatic hydroxyl groups excluding tert-OH is 2. The molecule has 12 nitrogen and oxygen atoms in total. The number of likely N-dealkylation sites (tertiary alicyclic amines) is 2. The van der Waals surface area contributed by atoms with Gasteiger partial charge in [-0.05, 0) is 51.6 Å². The molecule has 3 aliphatic heterocycles. The van der Waals surface area contributed by atoms with Gasteiger partial charge in [0.15, 0.2) is 0 Å². The fraction of sp³-hybridized carbons (Fsp3) is 0.933. The van der Waals surface area contributed by atoms with Crippen LogP contribution in [0.1, 0.15) is 52.9 Å². The summed E-state index contributed by atoms with van der Waals surface area (Å²) in [6, 6.07) is -0.158. The van der Waals surface area contributed by atoms with Crippen molar-refractivity contribution in [2.24, 2.45) is 17.8 Å². The van der Waals surface area contributed by atoms with E-state index in [2.05, 4.69) is 38.4 Å². The summed E-state index contributed by atoms with van der Waals surface area (Å²) >= 11 is 0. The SMILES string of the molecule is CNC(C)C(O)COC1CC(F)C2CN(C[C@@H](O)CNC(=O)C3CC(NC4CCN(C(C)=O)CC4)NCN3)CCC2C1C. The lowest BCUT2D eigenvalue weighted by Gasteiger charge is -2.49. The highest BCUT2D eigenvalue weighted by Crippen LogP contribution is 2.42. The molecule has 4 aliphatic rings. The molecule has 0 bridgehead atoms. The Hall–Kier alpha value is -1.45. The first-order valence-electron chi connectivity index (χ1n) is 16.3. The molecule has 248 valence electrons. The Bertz CT molecular complexity index is 897. The number of rotatable bonds is 12. The topological polar surface area (TPSA) is 150 Å². The van der Waals surface area contributed by atoms with E-state index in [1.807, 2.05) is 11.8 Å². The number of piperidine rings is 2. The lowest BCUT2D eigenvalue weighted by molar-refractivity contribution is -0.130. The van der Waals surface area contributed by atoms with Crippen LogP contribution < -0.4 is 26.6 Å². The summed E-state index contributed by atoms with van der Waals surface area (Å²) in [6.07, 6.45) is 0.949. The number of carbonyl (C=O) groups is 2. The van der Waals surface area contributed by atoms with Crippen molar-refractivity contribution in [1.82, 2.24) is 36.4 Å². The molecule has 1 aliphatic carbocycles. The van der Waals surface area contributed by atoms with E-state index in [1.54, 1.807) is 14.0 Å². The van der Waals surface area contributed by atoms with Crippen LogP contribution in [0.3, 0.4) is 0 Å². The fourth-order valence-electron chi connectivity index (χ4n) is 7.32. The van der Waals surface area contributed by atoms with Crippen LogP contribution in [0.2, 0.25) is 0 Å². The zero-order valence-corrected chi connectivity index (χ0v) is 26.4. The number of amides is 2. The van der Waals surface area contributed by atoms with Gasteiger partial charge in [-0.25, -0.2) is 4.39 Å². The van der Waals surface area contributed by atoms with E-state index in [0.29, 0.717) is 38.6 Å². The molecule has 7 N–H and O–H groups in total. The Kier molecular flexibility index (Phi) is 13.0. The van der Waals surface area contributed by atoms with Crippen LogP contribution in [-0.4, -0.2) is 140 Å². The zero-order chi connectivity index (χ0) is 31.1. The van der Waals surface area contributed by atoms with Crippen molar-refractivity contribution in [1.29, 1.82) is 0 Å². The number of ether oxygens (including phenoxy) is 1. The second kappa shape index (κ2) is 16.2. The molecule has 3 saturated heterocycles. The van der Waals surface area contributed by atoms with E-state index in [9.17, 15) is 19.8 Å². The van der Waals surface area contributed by atoms with Crippen LogP contribution in [0, 0.1) is 17.8 Å². The number of hydrogen-bond acceptors (Lipinski definition) is 10. The summed E-state index contributed by atoms with van der Waals surface area (Å²) in [4.78, 5) is 28.5. The van der Waals surface area contributed by atoms with Crippen LogP contribution in [-0.2, 0) is 14.3 Å². The van der Waals surface area contributed by atoms with E-state index in [4.69, 9.17) is 4.74 Å². The summed E-state index contributed by atoms with van der Waals surface area (Å²) in [6.45, 7) is 9.72. The molecular formula is C30H56FN7O5. The zero-order valence-electron chi connectivity index (χ0n) is 26.4. The Morgan fingerprint density at radius 2 is 1.84 bits per heavy atom. The average Bonchev–Trinajstić information content (AvgIpc) is 3.00. The number of β-amino-alcohol motifs (C(OH)–C–C–N with tert-alkyl or cyclic N) is 1. The van der Waals surface area contributed by atoms with Gasteiger partial charge < -0.3 is 35.4 Å². The quantitative estimate of drug-likeness (QED) is 0.146. The number of aliphatic hydroxyl groups is 2. The van der Waals surface area contributed by atoms with E-state index in [-0.39, 0.29) is 67.1 Å². The van der Waals surface area contributed by atoms with Gasteiger partial charge in [0.25, 0.3) is 0 Å². The number of nitrogens with zero attached hydrogens (tertiary/aromatic N) is 2. The molecule has 3 heterocycles. The number of likely N-dealkylation sites (N-methyl/N-ethyl adjacent to an activating group) is 1. The highest BCUT2D eigenvalue weighted by Gasteiger charge is 2.46. The minimum absolute atomic E-state index is 0.00407. The number of fused-ring (bicyclic) bond motifs is 1. The van der Waals surface area contributed by atoms with Gasteiger partial charge in [0.1, 0.15) is 6.17 Å². The molecular weight excluding hydrogens is 557 g/mol. The van der Waals surface area contributed by atoms with Gasteiger partial charge in [0.2, 0.25) is 11.8 Å². The highest BCUT2D eigenvalue weighted by atomic mass is 19.1. The predicted octanol–water partition coefficient (Wildman–Crippen LogP) is -1.03. The maximum Gasteiger partial charge on any atom is 0.237 e. The first-order valence-corrected chi connectivity index (χ1v) is 16.3. The second-order valence-electron chi connectivity index (χ2n) is 13.3. The fourth-order valence-corrected chi connectivity index (χ4v) is 7.32. The van der Waals surface area contributed by atoms with E-state index >= 15 is 4.39 Å². The molecule has 2 amide bonds. The molecule has 0 aromatic rings. The molecule has 4 rings (SSSR count). The molecule has 10 atom stereocenters. The third-order valence-electron chi connectivity index (χ3n) is 10.3. The monoisotopic (exact) mass is 613 g/mol. The maximum atomic E-state index is 15.4. The molecule has 9 unspecified atom stereocenters. The largest absolute Gasteiger partial charge is 0.390 e. The summed E-state index contributed by atoms with van der Waals surface area (Å²) in [5.41, 5.74) is 0.